The van der Waals surface area contributed by atoms with Gasteiger partial charge in [-0.05, 0) is 69.4 Å². The first kappa shape index (κ1) is 30.0. The largest absolute Gasteiger partial charge is 0.357 e. The van der Waals surface area contributed by atoms with Crippen molar-refractivity contribution in [2.75, 3.05) is 20.8 Å². The molecule has 5 aromatic rings. The Hall–Kier alpha value is -3.51. The molecule has 42 heavy (non-hydrogen) atoms. The number of unbranched alkanes of at least 4 members (excludes halogenated alkanes) is 1. The van der Waals surface area contributed by atoms with Crippen LogP contribution in [-0.2, 0) is 27.2 Å². The highest BCUT2D eigenvalue weighted by molar-refractivity contribution is 9.10. The number of tetrazole rings is 1. The van der Waals surface area contributed by atoms with Gasteiger partial charge in [0, 0.05) is 37.3 Å². The average molecular weight is 635 g/mol. The number of fused-ring (bicyclic) bond motifs is 1. The first-order valence-corrected chi connectivity index (χ1v) is 15.0. The van der Waals surface area contributed by atoms with Gasteiger partial charge in [-0.3, -0.25) is 0 Å². The number of rotatable bonds is 13. The number of imidazole rings is 1. The Kier molecular flexibility index (Phi) is 9.73. The van der Waals surface area contributed by atoms with Gasteiger partial charge < -0.3 is 18.8 Å². The van der Waals surface area contributed by atoms with E-state index in [-0.39, 0.29) is 6.23 Å². The van der Waals surface area contributed by atoms with Gasteiger partial charge in [0.05, 0.1) is 6.54 Å². The number of aryl methyl sites for hydroxylation is 1. The molecule has 1 unspecified atom stereocenters. The molecule has 0 radical (unpaired) electrons. The minimum absolute atomic E-state index is 0.278. The van der Waals surface area contributed by atoms with Crippen LogP contribution in [0.2, 0.25) is 0 Å². The van der Waals surface area contributed by atoms with Gasteiger partial charge in [0.15, 0.2) is 17.7 Å². The number of hydrogen-bond donors (Lipinski definition) is 0. The molecule has 220 valence electrons. The van der Waals surface area contributed by atoms with Gasteiger partial charge in [-0.2, -0.15) is 4.68 Å². The quantitative estimate of drug-likeness (QED) is 0.131. The fourth-order valence-corrected chi connectivity index (χ4v) is 5.58. The molecule has 2 aromatic carbocycles. The zero-order valence-electron chi connectivity index (χ0n) is 24.6. The Morgan fingerprint density at radius 3 is 2.38 bits per heavy atom. The summed E-state index contributed by atoms with van der Waals surface area (Å²) in [5, 5.41) is 12.4. The van der Waals surface area contributed by atoms with E-state index >= 15 is 0 Å². The average Bonchev–Trinajstić information content (AvgIpc) is 3.62. The molecule has 0 bridgehead atoms. The van der Waals surface area contributed by atoms with Crippen LogP contribution in [0.4, 0.5) is 0 Å². The zero-order chi connectivity index (χ0) is 29.6. The van der Waals surface area contributed by atoms with E-state index < -0.39 is 6.29 Å². The van der Waals surface area contributed by atoms with Crippen LogP contribution in [0.5, 0.6) is 0 Å². The summed E-state index contributed by atoms with van der Waals surface area (Å²) in [6, 6.07) is 18.7. The van der Waals surface area contributed by atoms with Crippen molar-refractivity contribution < 1.29 is 14.2 Å². The van der Waals surface area contributed by atoms with Crippen LogP contribution < -0.4 is 0 Å². The summed E-state index contributed by atoms with van der Waals surface area (Å²) in [5.41, 5.74) is 6.53. The maximum atomic E-state index is 5.76. The molecule has 0 aliphatic carbocycles. The highest BCUT2D eigenvalue weighted by atomic mass is 79.9. The normalized spacial score (nSPS) is 12.5. The molecule has 0 saturated carbocycles. The Bertz CT molecular complexity index is 1630. The lowest BCUT2D eigenvalue weighted by atomic mass is 9.98. The molecule has 3 aromatic heterocycles. The van der Waals surface area contributed by atoms with Crippen molar-refractivity contribution in [3.63, 3.8) is 0 Å². The topological polar surface area (TPSA) is 102 Å². The number of methoxy groups -OCH3 is 2. The Morgan fingerprint density at radius 2 is 1.69 bits per heavy atom. The minimum atomic E-state index is -0.580. The van der Waals surface area contributed by atoms with Gasteiger partial charge >= 0.3 is 0 Å². The molecule has 0 fully saturated rings. The van der Waals surface area contributed by atoms with Gasteiger partial charge in [-0.25, -0.2) is 9.97 Å². The van der Waals surface area contributed by atoms with Gasteiger partial charge in [-0.15, -0.1) is 5.10 Å². The molecule has 0 aliphatic heterocycles. The molecule has 1 atom stereocenters. The molecular weight excluding hydrogens is 598 g/mol. The van der Waals surface area contributed by atoms with Crippen molar-refractivity contribution >= 4 is 27.1 Å². The lowest BCUT2D eigenvalue weighted by Crippen LogP contribution is -2.12. The summed E-state index contributed by atoms with van der Waals surface area (Å²) >= 11 is 3.63. The number of nitrogens with zero attached hydrogens (tertiary/aromatic N) is 7. The number of pyridine rings is 1. The van der Waals surface area contributed by atoms with E-state index in [1.54, 1.807) is 18.9 Å². The van der Waals surface area contributed by atoms with Crippen molar-refractivity contribution in [1.82, 2.24) is 34.7 Å². The van der Waals surface area contributed by atoms with Crippen LogP contribution >= 0.6 is 15.9 Å². The van der Waals surface area contributed by atoms with Gasteiger partial charge in [-0.1, -0.05) is 61.9 Å². The predicted octanol–water partition coefficient (Wildman–Crippen LogP) is 6.75. The van der Waals surface area contributed by atoms with Crippen molar-refractivity contribution in [3.8, 4) is 22.5 Å². The Balaban J connectivity index is 1.49. The van der Waals surface area contributed by atoms with E-state index in [1.807, 2.05) is 38.1 Å². The first-order valence-electron chi connectivity index (χ1n) is 14.2. The molecule has 0 N–H and O–H groups in total. The highest BCUT2D eigenvalue weighted by Gasteiger charge is 2.21. The van der Waals surface area contributed by atoms with E-state index in [9.17, 15) is 0 Å². The third-order valence-electron chi connectivity index (χ3n) is 7.20. The molecule has 0 saturated heterocycles. The zero-order valence-corrected chi connectivity index (χ0v) is 26.2. The van der Waals surface area contributed by atoms with Crippen LogP contribution in [-0.4, -0.2) is 55.6 Å². The first-order chi connectivity index (χ1) is 20.5. The van der Waals surface area contributed by atoms with E-state index in [1.165, 1.54) is 0 Å². The number of ether oxygens (including phenoxy) is 3. The maximum absolute atomic E-state index is 5.76. The fraction of sp³-hybridized carbons (Fsp3) is 0.387. The summed E-state index contributed by atoms with van der Waals surface area (Å²) in [4.78, 5) is 9.91. The second-order valence-corrected chi connectivity index (χ2v) is 10.8. The fourth-order valence-electron chi connectivity index (χ4n) is 5.09. The molecule has 10 nitrogen and oxygen atoms in total. The Morgan fingerprint density at radius 1 is 0.952 bits per heavy atom. The number of hydrogen-bond acceptors (Lipinski definition) is 8. The molecule has 0 aliphatic rings. The van der Waals surface area contributed by atoms with Gasteiger partial charge in [0.25, 0.3) is 0 Å². The van der Waals surface area contributed by atoms with Crippen molar-refractivity contribution in [2.45, 2.75) is 59.1 Å². The van der Waals surface area contributed by atoms with Gasteiger partial charge in [0.2, 0.25) is 6.29 Å². The summed E-state index contributed by atoms with van der Waals surface area (Å²) in [6.45, 7) is 7.30. The minimum Gasteiger partial charge on any atom is -0.357 e. The van der Waals surface area contributed by atoms with Gasteiger partial charge in [0.1, 0.15) is 17.0 Å². The number of aromatic nitrogens is 7. The Labute approximate surface area is 254 Å². The van der Waals surface area contributed by atoms with E-state index in [4.69, 9.17) is 24.2 Å². The smallest absolute Gasteiger partial charge is 0.201 e. The van der Waals surface area contributed by atoms with Crippen molar-refractivity contribution in [2.24, 2.45) is 0 Å². The van der Waals surface area contributed by atoms with E-state index in [2.05, 4.69) is 73.3 Å². The van der Waals surface area contributed by atoms with Crippen LogP contribution in [0.25, 0.3) is 33.7 Å². The third kappa shape index (κ3) is 6.14. The van der Waals surface area contributed by atoms with E-state index in [0.717, 1.165) is 63.0 Å². The predicted molar refractivity (Wildman–Crippen MR) is 165 cm³/mol. The number of benzene rings is 2. The summed E-state index contributed by atoms with van der Waals surface area (Å²) in [6.07, 6.45) is 2.15. The van der Waals surface area contributed by atoms with Crippen LogP contribution in [0.3, 0.4) is 0 Å². The summed E-state index contributed by atoms with van der Waals surface area (Å²) < 4.78 is 21.5. The highest BCUT2D eigenvalue weighted by Crippen LogP contribution is 2.33. The van der Waals surface area contributed by atoms with E-state index in [0.29, 0.717) is 24.7 Å². The molecule has 0 spiro atoms. The standard InChI is InChI=1S/C31H36BrN7O3/c1-6-8-13-27-33-26-18-25(32)28(31(40-4)41-5)34-30(26)38(27)19-21-14-16-22(17-15-21)23-11-9-10-12-24(23)29-35-36-37-39(29)20(3)42-7-2/h9-12,14-18,20,31H,6-8,13,19H2,1-5H3. The third-order valence-corrected chi connectivity index (χ3v) is 7.84. The molecular formula is C31H36BrN7O3. The van der Waals surface area contributed by atoms with Crippen LogP contribution in [0.1, 0.15) is 63.2 Å². The number of halogens is 1. The maximum Gasteiger partial charge on any atom is 0.201 e. The summed E-state index contributed by atoms with van der Waals surface area (Å²) in [7, 11) is 3.21. The van der Waals surface area contributed by atoms with Crippen molar-refractivity contribution in [3.05, 3.63) is 76.2 Å². The molecule has 5 rings (SSSR count). The van der Waals surface area contributed by atoms with Crippen LogP contribution in [0.15, 0.2) is 59.1 Å². The lowest BCUT2D eigenvalue weighted by molar-refractivity contribution is -0.109. The van der Waals surface area contributed by atoms with Crippen LogP contribution in [0, 0.1) is 0 Å². The lowest BCUT2D eigenvalue weighted by Gasteiger charge is -2.16. The summed E-state index contributed by atoms with van der Waals surface area (Å²) in [5.74, 6) is 1.68. The molecule has 3 heterocycles. The monoisotopic (exact) mass is 633 g/mol. The van der Waals surface area contributed by atoms with Crippen molar-refractivity contribution in [1.29, 1.82) is 0 Å². The molecule has 11 heteroatoms. The second kappa shape index (κ2) is 13.6. The second-order valence-electron chi connectivity index (χ2n) is 9.96. The SMILES string of the molecule is CCCCc1nc2cc(Br)c(C(OC)OC)nc2n1Cc1ccc(-c2ccccc2-c2nnnn2C(C)OCC)cc1. The molecule has 0 amide bonds.